The molecule has 2 aliphatic rings. The smallest absolute Gasteiger partial charge is 0.306 e. The predicted molar refractivity (Wildman–Crippen MR) is 76.4 cm³/mol. The number of hydrogen-bond acceptors (Lipinski definition) is 3. The highest BCUT2D eigenvalue weighted by atomic mass is 16.4. The lowest BCUT2D eigenvalue weighted by Crippen LogP contribution is -2.54. The molecule has 2 unspecified atom stereocenters. The van der Waals surface area contributed by atoms with E-state index in [1.807, 2.05) is 11.8 Å². The van der Waals surface area contributed by atoms with Gasteiger partial charge in [0.2, 0.25) is 5.91 Å². The predicted octanol–water partition coefficient (Wildman–Crippen LogP) is 1.48. The lowest BCUT2D eigenvalue weighted by Gasteiger charge is -2.44. The molecule has 2 heterocycles. The normalized spacial score (nSPS) is 30.0. The molecule has 0 aromatic rings. The summed E-state index contributed by atoms with van der Waals surface area (Å²) in [6, 6.07) is 0.0376. The number of piperidine rings is 2. The quantitative estimate of drug-likeness (QED) is 0.822. The SMILES string of the molecule is CCC1(C(=O)N2CCC(C(=O)O)CC2C)CCNCC1. The molecule has 0 aromatic carbocycles. The first kappa shape index (κ1) is 15.3. The number of aliphatic carboxylic acids is 1. The van der Waals surface area contributed by atoms with Gasteiger partial charge in [-0.25, -0.2) is 0 Å². The molecule has 0 radical (unpaired) electrons. The molecular weight excluding hydrogens is 256 g/mol. The van der Waals surface area contributed by atoms with Crippen LogP contribution in [0.25, 0.3) is 0 Å². The van der Waals surface area contributed by atoms with Crippen LogP contribution in [-0.2, 0) is 9.59 Å². The zero-order valence-electron chi connectivity index (χ0n) is 12.5. The van der Waals surface area contributed by atoms with Crippen LogP contribution in [0.5, 0.6) is 0 Å². The number of rotatable bonds is 3. The Kier molecular flexibility index (Phi) is 4.68. The number of carbonyl (C=O) groups excluding carboxylic acids is 1. The number of carboxylic acid groups (broad SMARTS) is 1. The number of hydrogen-bond donors (Lipinski definition) is 2. The summed E-state index contributed by atoms with van der Waals surface area (Å²) in [5, 5.41) is 12.4. The lowest BCUT2D eigenvalue weighted by molar-refractivity contribution is -0.153. The first-order chi connectivity index (χ1) is 9.50. The van der Waals surface area contributed by atoms with E-state index in [9.17, 15) is 9.59 Å². The van der Waals surface area contributed by atoms with Gasteiger partial charge in [-0.3, -0.25) is 9.59 Å². The van der Waals surface area contributed by atoms with Crippen LogP contribution in [-0.4, -0.2) is 47.6 Å². The van der Waals surface area contributed by atoms with Crippen molar-refractivity contribution >= 4 is 11.9 Å². The molecular formula is C15H26N2O3. The van der Waals surface area contributed by atoms with Crippen molar-refractivity contribution in [2.24, 2.45) is 11.3 Å². The van der Waals surface area contributed by atoms with Gasteiger partial charge in [0.25, 0.3) is 0 Å². The van der Waals surface area contributed by atoms with E-state index in [4.69, 9.17) is 5.11 Å². The summed E-state index contributed by atoms with van der Waals surface area (Å²) >= 11 is 0. The zero-order chi connectivity index (χ0) is 14.8. The zero-order valence-corrected chi connectivity index (χ0v) is 12.5. The molecule has 2 aliphatic heterocycles. The van der Waals surface area contributed by atoms with Crippen molar-refractivity contribution in [3.05, 3.63) is 0 Å². The Morgan fingerprint density at radius 1 is 1.35 bits per heavy atom. The summed E-state index contributed by atoms with van der Waals surface area (Å²) in [6.07, 6.45) is 3.84. The summed E-state index contributed by atoms with van der Waals surface area (Å²) < 4.78 is 0. The number of amides is 1. The third-order valence-electron chi connectivity index (χ3n) is 5.18. The second kappa shape index (κ2) is 6.12. The summed E-state index contributed by atoms with van der Waals surface area (Å²) in [5.41, 5.74) is -0.227. The van der Waals surface area contributed by atoms with Crippen LogP contribution >= 0.6 is 0 Å². The molecule has 114 valence electrons. The maximum atomic E-state index is 12.9. The van der Waals surface area contributed by atoms with E-state index in [1.165, 1.54) is 0 Å². The van der Waals surface area contributed by atoms with Gasteiger partial charge in [0.15, 0.2) is 0 Å². The minimum absolute atomic E-state index is 0.0376. The van der Waals surface area contributed by atoms with Crippen molar-refractivity contribution in [3.63, 3.8) is 0 Å². The van der Waals surface area contributed by atoms with Crippen LogP contribution in [0.1, 0.15) is 46.0 Å². The minimum Gasteiger partial charge on any atom is -0.481 e. The molecule has 0 spiro atoms. The van der Waals surface area contributed by atoms with Gasteiger partial charge in [-0.2, -0.15) is 0 Å². The Morgan fingerprint density at radius 2 is 2.00 bits per heavy atom. The largest absolute Gasteiger partial charge is 0.481 e. The minimum atomic E-state index is -0.726. The third kappa shape index (κ3) is 2.82. The lowest BCUT2D eigenvalue weighted by atomic mass is 9.74. The highest BCUT2D eigenvalue weighted by Gasteiger charge is 2.43. The van der Waals surface area contributed by atoms with Crippen LogP contribution in [0.2, 0.25) is 0 Å². The number of likely N-dealkylation sites (tertiary alicyclic amines) is 1. The molecule has 20 heavy (non-hydrogen) atoms. The van der Waals surface area contributed by atoms with Crippen LogP contribution in [0.3, 0.4) is 0 Å². The van der Waals surface area contributed by atoms with Crippen LogP contribution in [0, 0.1) is 11.3 Å². The Balaban J connectivity index is 2.07. The Labute approximate surface area is 120 Å². The molecule has 0 saturated carbocycles. The molecule has 0 bridgehead atoms. The molecule has 1 amide bonds. The molecule has 0 aromatic heterocycles. The van der Waals surface area contributed by atoms with Crippen molar-refractivity contribution in [2.45, 2.75) is 52.0 Å². The Morgan fingerprint density at radius 3 is 2.50 bits per heavy atom. The molecule has 2 atom stereocenters. The van der Waals surface area contributed by atoms with Gasteiger partial charge in [0.05, 0.1) is 11.3 Å². The molecule has 2 rings (SSSR count). The molecule has 5 nitrogen and oxygen atoms in total. The molecule has 0 aliphatic carbocycles. The monoisotopic (exact) mass is 282 g/mol. The van der Waals surface area contributed by atoms with Crippen molar-refractivity contribution in [1.29, 1.82) is 0 Å². The van der Waals surface area contributed by atoms with Crippen molar-refractivity contribution < 1.29 is 14.7 Å². The summed E-state index contributed by atoms with van der Waals surface area (Å²) in [4.78, 5) is 26.0. The number of nitrogens with zero attached hydrogens (tertiary/aromatic N) is 1. The Hall–Kier alpha value is -1.10. The molecule has 5 heteroatoms. The number of nitrogens with one attached hydrogen (secondary N) is 1. The number of carboxylic acids is 1. The van der Waals surface area contributed by atoms with E-state index in [2.05, 4.69) is 12.2 Å². The van der Waals surface area contributed by atoms with E-state index >= 15 is 0 Å². The highest BCUT2D eigenvalue weighted by Crippen LogP contribution is 2.37. The first-order valence-corrected chi connectivity index (χ1v) is 7.75. The summed E-state index contributed by atoms with van der Waals surface area (Å²) in [5.74, 6) is -0.770. The van der Waals surface area contributed by atoms with Crippen molar-refractivity contribution in [1.82, 2.24) is 10.2 Å². The van der Waals surface area contributed by atoms with E-state index in [0.717, 1.165) is 32.4 Å². The number of carbonyl (C=O) groups is 2. The summed E-state index contributed by atoms with van der Waals surface area (Å²) in [7, 11) is 0. The first-order valence-electron chi connectivity index (χ1n) is 7.75. The second-order valence-corrected chi connectivity index (χ2v) is 6.29. The summed E-state index contributed by atoms with van der Waals surface area (Å²) in [6.45, 7) is 6.47. The average molecular weight is 282 g/mol. The van der Waals surface area contributed by atoms with Gasteiger partial charge in [0, 0.05) is 12.6 Å². The molecule has 2 N–H and O–H groups in total. The van der Waals surface area contributed by atoms with Gasteiger partial charge in [-0.1, -0.05) is 6.92 Å². The Bertz CT molecular complexity index is 377. The van der Waals surface area contributed by atoms with Crippen LogP contribution in [0.15, 0.2) is 0 Å². The molecule has 2 saturated heterocycles. The second-order valence-electron chi connectivity index (χ2n) is 6.29. The van der Waals surface area contributed by atoms with E-state index in [0.29, 0.717) is 19.4 Å². The van der Waals surface area contributed by atoms with Gasteiger partial charge >= 0.3 is 5.97 Å². The fourth-order valence-corrected chi connectivity index (χ4v) is 3.63. The average Bonchev–Trinajstić information content (AvgIpc) is 2.47. The van der Waals surface area contributed by atoms with Crippen LogP contribution < -0.4 is 5.32 Å². The van der Waals surface area contributed by atoms with Crippen molar-refractivity contribution in [2.75, 3.05) is 19.6 Å². The van der Waals surface area contributed by atoms with E-state index in [1.54, 1.807) is 0 Å². The van der Waals surface area contributed by atoms with Gasteiger partial charge in [-0.15, -0.1) is 0 Å². The molecule has 2 fully saturated rings. The van der Waals surface area contributed by atoms with Crippen molar-refractivity contribution in [3.8, 4) is 0 Å². The maximum absolute atomic E-state index is 12.9. The van der Waals surface area contributed by atoms with E-state index < -0.39 is 5.97 Å². The topological polar surface area (TPSA) is 69.6 Å². The maximum Gasteiger partial charge on any atom is 0.306 e. The van der Waals surface area contributed by atoms with Gasteiger partial charge < -0.3 is 15.3 Å². The van der Waals surface area contributed by atoms with E-state index in [-0.39, 0.29) is 23.3 Å². The van der Waals surface area contributed by atoms with Crippen LogP contribution in [0.4, 0.5) is 0 Å². The standard InChI is InChI=1S/C15H26N2O3/c1-3-15(5-7-16-8-6-15)14(20)17-9-4-12(13(18)19)10-11(17)2/h11-12,16H,3-10H2,1-2H3,(H,18,19). The third-order valence-corrected chi connectivity index (χ3v) is 5.18. The highest BCUT2D eigenvalue weighted by molar-refractivity contribution is 5.83. The fourth-order valence-electron chi connectivity index (χ4n) is 3.63. The fraction of sp³-hybridized carbons (Fsp3) is 0.867. The van der Waals surface area contributed by atoms with Gasteiger partial charge in [0.1, 0.15) is 0 Å². The van der Waals surface area contributed by atoms with Gasteiger partial charge in [-0.05, 0) is 52.1 Å².